The first-order valence-electron chi connectivity index (χ1n) is 6.72. The van der Waals surface area contributed by atoms with Crippen LogP contribution < -0.4 is 5.73 Å². The maximum Gasteiger partial charge on any atom is 0.150 e. The summed E-state index contributed by atoms with van der Waals surface area (Å²) < 4.78 is 25.0. The van der Waals surface area contributed by atoms with E-state index < -0.39 is 9.84 Å². The predicted molar refractivity (Wildman–Crippen MR) is 73.4 cm³/mol. The molecule has 2 atom stereocenters. The molecule has 0 spiro atoms. The van der Waals surface area contributed by atoms with Gasteiger partial charge in [-0.2, -0.15) is 5.10 Å². The van der Waals surface area contributed by atoms with Gasteiger partial charge in [0.2, 0.25) is 0 Å². The number of nitrogens with two attached hydrogens (primary N) is 1. The SMILES string of the molecule is CC(C)n1ncnc1CC(CN)C1CCS(=O)(=O)C1. The molecule has 0 radical (unpaired) electrons. The van der Waals surface area contributed by atoms with E-state index in [1.54, 1.807) is 6.33 Å². The molecule has 1 aromatic rings. The summed E-state index contributed by atoms with van der Waals surface area (Å²) in [6.45, 7) is 4.59. The zero-order valence-electron chi connectivity index (χ0n) is 11.5. The van der Waals surface area contributed by atoms with Crippen molar-refractivity contribution in [1.82, 2.24) is 14.8 Å². The second kappa shape index (κ2) is 5.58. The third kappa shape index (κ3) is 3.33. The lowest BCUT2D eigenvalue weighted by Crippen LogP contribution is -2.28. The fourth-order valence-electron chi connectivity index (χ4n) is 2.72. The molecule has 19 heavy (non-hydrogen) atoms. The minimum absolute atomic E-state index is 0.160. The van der Waals surface area contributed by atoms with Crippen LogP contribution in [0.25, 0.3) is 0 Å². The van der Waals surface area contributed by atoms with Crippen molar-refractivity contribution in [2.75, 3.05) is 18.1 Å². The average Bonchev–Trinajstić information content (AvgIpc) is 2.92. The van der Waals surface area contributed by atoms with Gasteiger partial charge < -0.3 is 5.73 Å². The van der Waals surface area contributed by atoms with Crippen LogP contribution in [-0.4, -0.2) is 41.2 Å². The van der Waals surface area contributed by atoms with Crippen LogP contribution in [0.1, 0.15) is 32.1 Å². The molecule has 2 rings (SSSR count). The standard InChI is InChI=1S/C12H22N4O2S/c1-9(2)16-12(14-8-15-16)5-11(6-13)10-3-4-19(17,18)7-10/h8-11H,3-7,13H2,1-2H3. The van der Waals surface area contributed by atoms with Gasteiger partial charge in [-0.1, -0.05) is 0 Å². The van der Waals surface area contributed by atoms with Crippen LogP contribution in [0.5, 0.6) is 0 Å². The normalized spacial score (nSPS) is 23.9. The first kappa shape index (κ1) is 14.5. The first-order valence-corrected chi connectivity index (χ1v) is 8.54. The van der Waals surface area contributed by atoms with Gasteiger partial charge >= 0.3 is 0 Å². The Morgan fingerprint density at radius 1 is 1.53 bits per heavy atom. The third-order valence-electron chi connectivity index (χ3n) is 3.82. The number of nitrogens with zero attached hydrogens (tertiary/aromatic N) is 3. The quantitative estimate of drug-likeness (QED) is 0.846. The molecule has 1 aromatic heterocycles. The molecule has 1 saturated heterocycles. The van der Waals surface area contributed by atoms with Crippen molar-refractivity contribution in [2.45, 2.75) is 32.7 Å². The molecule has 0 saturated carbocycles. The Labute approximate surface area is 114 Å². The molecule has 0 amide bonds. The van der Waals surface area contributed by atoms with Crippen molar-refractivity contribution in [3.63, 3.8) is 0 Å². The van der Waals surface area contributed by atoms with Crippen LogP contribution in [0.3, 0.4) is 0 Å². The largest absolute Gasteiger partial charge is 0.330 e. The van der Waals surface area contributed by atoms with E-state index in [4.69, 9.17) is 5.73 Å². The minimum atomic E-state index is -2.85. The number of sulfone groups is 1. The Morgan fingerprint density at radius 3 is 2.79 bits per heavy atom. The van der Waals surface area contributed by atoms with Crippen LogP contribution in [0.2, 0.25) is 0 Å². The van der Waals surface area contributed by atoms with Gasteiger partial charge in [0.25, 0.3) is 0 Å². The van der Waals surface area contributed by atoms with Gasteiger partial charge in [-0.15, -0.1) is 0 Å². The molecule has 2 unspecified atom stereocenters. The average molecular weight is 286 g/mol. The van der Waals surface area contributed by atoms with E-state index in [-0.39, 0.29) is 23.6 Å². The van der Waals surface area contributed by atoms with Gasteiger partial charge in [0.1, 0.15) is 12.2 Å². The van der Waals surface area contributed by atoms with Gasteiger partial charge in [0.05, 0.1) is 11.5 Å². The van der Waals surface area contributed by atoms with Crippen molar-refractivity contribution in [1.29, 1.82) is 0 Å². The lowest BCUT2D eigenvalue weighted by Gasteiger charge is -2.21. The summed E-state index contributed by atoms with van der Waals surface area (Å²) in [4.78, 5) is 4.28. The number of rotatable bonds is 5. The topological polar surface area (TPSA) is 90.9 Å². The maximum atomic E-state index is 11.6. The predicted octanol–water partition coefficient (Wildman–Crippen LogP) is 0.411. The summed E-state index contributed by atoms with van der Waals surface area (Å²) in [6, 6.07) is 0.253. The van der Waals surface area contributed by atoms with Crippen LogP contribution >= 0.6 is 0 Å². The molecule has 2 N–H and O–H groups in total. The molecule has 108 valence electrons. The van der Waals surface area contributed by atoms with Crippen molar-refractivity contribution in [3.05, 3.63) is 12.2 Å². The summed E-state index contributed by atoms with van der Waals surface area (Å²) in [5.74, 6) is 1.79. The van der Waals surface area contributed by atoms with E-state index >= 15 is 0 Å². The van der Waals surface area contributed by atoms with Crippen LogP contribution in [0.4, 0.5) is 0 Å². The second-order valence-electron chi connectivity index (χ2n) is 5.58. The van der Waals surface area contributed by atoms with Gasteiger partial charge in [-0.05, 0) is 38.6 Å². The van der Waals surface area contributed by atoms with E-state index in [2.05, 4.69) is 23.9 Å². The molecule has 6 nitrogen and oxygen atoms in total. The first-order chi connectivity index (χ1) is 8.93. The zero-order chi connectivity index (χ0) is 14.0. The van der Waals surface area contributed by atoms with E-state index in [1.807, 2.05) is 4.68 Å². The molecule has 0 bridgehead atoms. The lowest BCUT2D eigenvalue weighted by molar-refractivity contribution is 0.353. The molecule has 1 aliphatic rings. The summed E-state index contributed by atoms with van der Waals surface area (Å²) >= 11 is 0. The highest BCUT2D eigenvalue weighted by Crippen LogP contribution is 2.28. The highest BCUT2D eigenvalue weighted by atomic mass is 32.2. The number of hydrogen-bond donors (Lipinski definition) is 1. The van der Waals surface area contributed by atoms with Crippen molar-refractivity contribution >= 4 is 9.84 Å². The molecule has 0 aromatic carbocycles. The fraction of sp³-hybridized carbons (Fsp3) is 0.833. The summed E-state index contributed by atoms with van der Waals surface area (Å²) in [5.41, 5.74) is 5.83. The molecular formula is C12H22N4O2S. The molecule has 0 aliphatic carbocycles. The lowest BCUT2D eigenvalue weighted by atomic mass is 9.89. The highest BCUT2D eigenvalue weighted by molar-refractivity contribution is 7.91. The van der Waals surface area contributed by atoms with Gasteiger partial charge in [0.15, 0.2) is 9.84 Å². The molecule has 2 heterocycles. The number of hydrogen-bond acceptors (Lipinski definition) is 5. The Morgan fingerprint density at radius 2 is 2.26 bits per heavy atom. The minimum Gasteiger partial charge on any atom is -0.330 e. The van der Waals surface area contributed by atoms with Crippen LogP contribution in [0, 0.1) is 11.8 Å². The Bertz CT molecular complexity index is 524. The number of aromatic nitrogens is 3. The van der Waals surface area contributed by atoms with E-state index in [9.17, 15) is 8.42 Å². The van der Waals surface area contributed by atoms with Gasteiger partial charge in [0, 0.05) is 12.5 Å². The second-order valence-corrected chi connectivity index (χ2v) is 7.81. The fourth-order valence-corrected chi connectivity index (χ4v) is 4.64. The van der Waals surface area contributed by atoms with Gasteiger partial charge in [-0.3, -0.25) is 0 Å². The van der Waals surface area contributed by atoms with Gasteiger partial charge in [-0.25, -0.2) is 18.1 Å². The molecule has 1 aliphatic heterocycles. The Kier molecular flexibility index (Phi) is 4.25. The van der Waals surface area contributed by atoms with E-state index in [0.717, 1.165) is 12.2 Å². The third-order valence-corrected chi connectivity index (χ3v) is 5.61. The maximum absolute atomic E-state index is 11.6. The Hall–Kier alpha value is -0.950. The molecule has 7 heteroatoms. The molecule has 1 fully saturated rings. The Balaban J connectivity index is 2.09. The summed E-state index contributed by atoms with van der Waals surface area (Å²) in [7, 11) is -2.85. The van der Waals surface area contributed by atoms with Crippen LogP contribution in [-0.2, 0) is 16.3 Å². The van der Waals surface area contributed by atoms with Crippen molar-refractivity contribution in [3.8, 4) is 0 Å². The highest BCUT2D eigenvalue weighted by Gasteiger charge is 2.33. The van der Waals surface area contributed by atoms with Crippen molar-refractivity contribution in [2.24, 2.45) is 17.6 Å². The zero-order valence-corrected chi connectivity index (χ0v) is 12.3. The summed E-state index contributed by atoms with van der Waals surface area (Å²) in [6.07, 6.45) is 2.98. The van der Waals surface area contributed by atoms with Crippen molar-refractivity contribution < 1.29 is 8.42 Å². The monoisotopic (exact) mass is 286 g/mol. The smallest absolute Gasteiger partial charge is 0.150 e. The van der Waals surface area contributed by atoms with E-state index in [0.29, 0.717) is 18.7 Å². The molecular weight excluding hydrogens is 264 g/mol. The summed E-state index contributed by atoms with van der Waals surface area (Å²) in [5, 5.41) is 4.20. The van der Waals surface area contributed by atoms with Crippen LogP contribution in [0.15, 0.2) is 6.33 Å². The van der Waals surface area contributed by atoms with E-state index in [1.165, 1.54) is 0 Å².